The standard InChI is InChI=1S/C20H18N2O5/c1-2-21-17(23)12-27-20(26)14-8-9-15-16(10-14)19(25)22(18(15)24)11-13-6-4-3-5-7-13/h3-10H,2,11-12H2,1H3,(H,21,23). The SMILES string of the molecule is CCNC(=O)COC(=O)c1ccc2c(c1)C(=O)N(Cc1ccccc1)C2=O. The maximum Gasteiger partial charge on any atom is 0.338 e. The Morgan fingerprint density at radius 3 is 2.41 bits per heavy atom. The normalized spacial score (nSPS) is 12.7. The number of amides is 3. The van der Waals surface area contributed by atoms with Crippen molar-refractivity contribution in [2.45, 2.75) is 13.5 Å². The highest BCUT2D eigenvalue weighted by molar-refractivity contribution is 6.21. The Bertz CT molecular complexity index is 908. The maximum absolute atomic E-state index is 12.6. The van der Waals surface area contributed by atoms with Crippen molar-refractivity contribution < 1.29 is 23.9 Å². The summed E-state index contributed by atoms with van der Waals surface area (Å²) in [5.41, 5.74) is 1.34. The Morgan fingerprint density at radius 1 is 1.00 bits per heavy atom. The number of benzene rings is 2. The van der Waals surface area contributed by atoms with Gasteiger partial charge < -0.3 is 10.1 Å². The van der Waals surface area contributed by atoms with Gasteiger partial charge in [0.1, 0.15) is 0 Å². The number of carbonyl (C=O) groups excluding carboxylic acids is 4. The van der Waals surface area contributed by atoms with Gasteiger partial charge in [-0.3, -0.25) is 19.3 Å². The first kappa shape index (κ1) is 18.3. The summed E-state index contributed by atoms with van der Waals surface area (Å²) in [6, 6.07) is 13.3. The van der Waals surface area contributed by atoms with E-state index in [1.807, 2.05) is 30.3 Å². The van der Waals surface area contributed by atoms with Gasteiger partial charge in [-0.15, -0.1) is 0 Å². The number of hydrogen-bond donors (Lipinski definition) is 1. The number of carbonyl (C=O) groups is 4. The third kappa shape index (κ3) is 3.87. The molecule has 0 atom stereocenters. The fourth-order valence-electron chi connectivity index (χ4n) is 2.79. The van der Waals surface area contributed by atoms with E-state index in [1.54, 1.807) is 6.92 Å². The van der Waals surface area contributed by atoms with Crippen molar-refractivity contribution in [3.8, 4) is 0 Å². The lowest BCUT2D eigenvalue weighted by Gasteiger charge is -2.13. The largest absolute Gasteiger partial charge is 0.452 e. The molecule has 0 spiro atoms. The predicted molar refractivity (Wildman–Crippen MR) is 96.1 cm³/mol. The number of hydrogen-bond acceptors (Lipinski definition) is 5. The first-order valence-electron chi connectivity index (χ1n) is 8.49. The van der Waals surface area contributed by atoms with Crippen LogP contribution in [0, 0.1) is 0 Å². The van der Waals surface area contributed by atoms with Crippen molar-refractivity contribution in [3.63, 3.8) is 0 Å². The second-order valence-corrected chi connectivity index (χ2v) is 5.97. The maximum atomic E-state index is 12.6. The molecule has 27 heavy (non-hydrogen) atoms. The number of nitrogens with zero attached hydrogens (tertiary/aromatic N) is 1. The fraction of sp³-hybridized carbons (Fsp3) is 0.200. The Balaban J connectivity index is 1.75. The van der Waals surface area contributed by atoms with E-state index in [0.29, 0.717) is 6.54 Å². The van der Waals surface area contributed by atoms with Crippen molar-refractivity contribution in [3.05, 3.63) is 70.8 Å². The van der Waals surface area contributed by atoms with Crippen molar-refractivity contribution in [2.24, 2.45) is 0 Å². The second kappa shape index (κ2) is 7.82. The number of rotatable bonds is 6. The molecule has 1 heterocycles. The van der Waals surface area contributed by atoms with Gasteiger partial charge in [-0.05, 0) is 30.7 Å². The zero-order valence-electron chi connectivity index (χ0n) is 14.7. The number of imide groups is 1. The lowest BCUT2D eigenvalue weighted by molar-refractivity contribution is -0.124. The van der Waals surface area contributed by atoms with E-state index in [2.05, 4.69) is 5.32 Å². The zero-order chi connectivity index (χ0) is 19.4. The highest BCUT2D eigenvalue weighted by atomic mass is 16.5. The molecule has 0 aliphatic carbocycles. The Labute approximate surface area is 155 Å². The average molecular weight is 366 g/mol. The molecule has 1 aliphatic rings. The van der Waals surface area contributed by atoms with Crippen molar-refractivity contribution in [1.29, 1.82) is 0 Å². The minimum Gasteiger partial charge on any atom is -0.452 e. The minimum absolute atomic E-state index is 0.112. The summed E-state index contributed by atoms with van der Waals surface area (Å²) in [7, 11) is 0. The molecule has 2 aromatic rings. The zero-order valence-corrected chi connectivity index (χ0v) is 14.7. The van der Waals surface area contributed by atoms with Gasteiger partial charge in [0, 0.05) is 6.54 Å². The van der Waals surface area contributed by atoms with Gasteiger partial charge in [-0.1, -0.05) is 30.3 Å². The summed E-state index contributed by atoms with van der Waals surface area (Å²) in [5.74, 6) is -2.00. The van der Waals surface area contributed by atoms with Gasteiger partial charge in [-0.25, -0.2) is 4.79 Å². The molecule has 7 nitrogen and oxygen atoms in total. The van der Waals surface area contributed by atoms with E-state index in [1.165, 1.54) is 18.2 Å². The molecule has 0 saturated carbocycles. The molecule has 0 radical (unpaired) electrons. The van der Waals surface area contributed by atoms with Gasteiger partial charge in [0.05, 0.1) is 23.2 Å². The van der Waals surface area contributed by atoms with Crippen molar-refractivity contribution in [1.82, 2.24) is 10.2 Å². The highest BCUT2D eigenvalue weighted by Crippen LogP contribution is 2.26. The van der Waals surface area contributed by atoms with Gasteiger partial charge in [-0.2, -0.15) is 0 Å². The molecule has 3 rings (SSSR count). The van der Waals surface area contributed by atoms with Crippen LogP contribution in [0.4, 0.5) is 0 Å². The van der Waals surface area contributed by atoms with Crippen molar-refractivity contribution >= 4 is 23.7 Å². The number of likely N-dealkylation sites (N-methyl/N-ethyl adjacent to an activating group) is 1. The molecule has 0 fully saturated rings. The molecule has 0 saturated heterocycles. The minimum atomic E-state index is -0.731. The highest BCUT2D eigenvalue weighted by Gasteiger charge is 2.36. The van der Waals surface area contributed by atoms with Crippen molar-refractivity contribution in [2.75, 3.05) is 13.2 Å². The Kier molecular flexibility index (Phi) is 5.30. The van der Waals surface area contributed by atoms with Crippen LogP contribution in [0.5, 0.6) is 0 Å². The van der Waals surface area contributed by atoms with Gasteiger partial charge in [0.2, 0.25) is 0 Å². The van der Waals surface area contributed by atoms with Crippen LogP contribution in [0.1, 0.15) is 43.6 Å². The fourth-order valence-corrected chi connectivity index (χ4v) is 2.79. The lowest BCUT2D eigenvalue weighted by atomic mass is 10.1. The van der Waals surface area contributed by atoms with E-state index < -0.39 is 30.3 Å². The monoisotopic (exact) mass is 366 g/mol. The molecule has 3 amide bonds. The van der Waals surface area contributed by atoms with Crippen LogP contribution in [0.2, 0.25) is 0 Å². The molecule has 1 N–H and O–H groups in total. The molecule has 0 unspecified atom stereocenters. The number of fused-ring (bicyclic) bond motifs is 1. The van der Waals surface area contributed by atoms with Crippen LogP contribution < -0.4 is 5.32 Å². The van der Waals surface area contributed by atoms with Gasteiger partial charge in [0.15, 0.2) is 6.61 Å². The van der Waals surface area contributed by atoms with Crippen LogP contribution >= 0.6 is 0 Å². The van der Waals surface area contributed by atoms with Crippen LogP contribution in [0.15, 0.2) is 48.5 Å². The van der Waals surface area contributed by atoms with Crippen LogP contribution in [0.3, 0.4) is 0 Å². The predicted octanol–water partition coefficient (Wildman–Crippen LogP) is 1.78. The van der Waals surface area contributed by atoms with Crippen LogP contribution in [-0.2, 0) is 16.1 Å². The topological polar surface area (TPSA) is 92.8 Å². The van der Waals surface area contributed by atoms with E-state index in [-0.39, 0.29) is 23.2 Å². The second-order valence-electron chi connectivity index (χ2n) is 5.97. The molecule has 138 valence electrons. The molecule has 1 aliphatic heterocycles. The summed E-state index contributed by atoms with van der Waals surface area (Å²) in [6.45, 7) is 1.94. The average Bonchev–Trinajstić information content (AvgIpc) is 2.91. The van der Waals surface area contributed by atoms with E-state index in [4.69, 9.17) is 4.74 Å². The van der Waals surface area contributed by atoms with E-state index in [9.17, 15) is 19.2 Å². The Morgan fingerprint density at radius 2 is 1.70 bits per heavy atom. The first-order valence-corrected chi connectivity index (χ1v) is 8.49. The van der Waals surface area contributed by atoms with Crippen LogP contribution in [-0.4, -0.2) is 41.7 Å². The molecular weight excluding hydrogens is 348 g/mol. The molecule has 0 bridgehead atoms. The molecule has 0 aromatic heterocycles. The number of ether oxygens (including phenoxy) is 1. The summed E-state index contributed by atoms with van der Waals surface area (Å²) in [5, 5.41) is 2.51. The van der Waals surface area contributed by atoms with Crippen LogP contribution in [0.25, 0.3) is 0 Å². The molecule has 7 heteroatoms. The van der Waals surface area contributed by atoms with E-state index in [0.717, 1.165) is 10.5 Å². The summed E-state index contributed by atoms with van der Waals surface area (Å²) < 4.78 is 4.93. The van der Waals surface area contributed by atoms with E-state index >= 15 is 0 Å². The lowest BCUT2D eigenvalue weighted by Crippen LogP contribution is -2.29. The number of esters is 1. The quantitative estimate of drug-likeness (QED) is 0.621. The smallest absolute Gasteiger partial charge is 0.338 e. The summed E-state index contributed by atoms with van der Waals surface area (Å²) in [4.78, 5) is 49.8. The summed E-state index contributed by atoms with van der Waals surface area (Å²) >= 11 is 0. The summed E-state index contributed by atoms with van der Waals surface area (Å²) in [6.07, 6.45) is 0. The third-order valence-corrected chi connectivity index (χ3v) is 4.10. The third-order valence-electron chi connectivity index (χ3n) is 4.10. The van der Waals surface area contributed by atoms with Gasteiger partial charge in [0.25, 0.3) is 17.7 Å². The Hall–Kier alpha value is -3.48. The number of nitrogens with one attached hydrogen (secondary N) is 1. The van der Waals surface area contributed by atoms with Gasteiger partial charge >= 0.3 is 5.97 Å². The molecular formula is C20H18N2O5. The first-order chi connectivity index (χ1) is 13.0. The molecule has 2 aromatic carbocycles.